The van der Waals surface area contributed by atoms with Gasteiger partial charge in [-0.25, -0.2) is 0 Å². The van der Waals surface area contributed by atoms with Crippen LogP contribution in [0.15, 0.2) is 18.2 Å². The second-order valence-corrected chi connectivity index (χ2v) is 5.62. The highest BCUT2D eigenvalue weighted by Crippen LogP contribution is 2.38. The van der Waals surface area contributed by atoms with Gasteiger partial charge in [-0.3, -0.25) is 0 Å². The van der Waals surface area contributed by atoms with Gasteiger partial charge in [-0.1, -0.05) is 20.8 Å². The standard InChI is InChI=1S/C16H25NO2/c1-5-17-15-10-13(8-11(2)3)19-16-7-6-12(18-4)9-14(15)16/h6-7,9,11,13,15,17H,5,8,10H2,1-4H3. The van der Waals surface area contributed by atoms with E-state index in [0.29, 0.717) is 18.1 Å². The first kappa shape index (κ1) is 14.2. The summed E-state index contributed by atoms with van der Waals surface area (Å²) in [5.74, 6) is 2.56. The predicted octanol–water partition coefficient (Wildman–Crippen LogP) is 3.54. The molecule has 3 nitrogen and oxygen atoms in total. The first-order valence-corrected chi connectivity index (χ1v) is 7.22. The molecule has 1 aliphatic heterocycles. The van der Waals surface area contributed by atoms with E-state index in [1.807, 2.05) is 12.1 Å². The Morgan fingerprint density at radius 3 is 2.84 bits per heavy atom. The normalized spacial score (nSPS) is 21.9. The summed E-state index contributed by atoms with van der Waals surface area (Å²) in [6, 6.07) is 6.46. The molecule has 1 heterocycles. The Morgan fingerprint density at radius 2 is 2.21 bits per heavy atom. The van der Waals surface area contributed by atoms with Gasteiger partial charge in [0.2, 0.25) is 0 Å². The van der Waals surface area contributed by atoms with Gasteiger partial charge in [0.1, 0.15) is 17.6 Å². The minimum absolute atomic E-state index is 0.310. The van der Waals surface area contributed by atoms with Crippen molar-refractivity contribution in [3.05, 3.63) is 23.8 Å². The summed E-state index contributed by atoms with van der Waals surface area (Å²) in [6.07, 6.45) is 2.45. The highest BCUT2D eigenvalue weighted by Gasteiger charge is 2.28. The van der Waals surface area contributed by atoms with Gasteiger partial charge in [-0.15, -0.1) is 0 Å². The molecule has 3 heteroatoms. The summed E-state index contributed by atoms with van der Waals surface area (Å²) in [7, 11) is 1.70. The van der Waals surface area contributed by atoms with Crippen LogP contribution in [0.1, 0.15) is 45.2 Å². The lowest BCUT2D eigenvalue weighted by atomic mass is 9.92. The Bertz CT molecular complexity index is 417. The van der Waals surface area contributed by atoms with Gasteiger partial charge in [0.15, 0.2) is 0 Å². The SMILES string of the molecule is CCNC1CC(CC(C)C)Oc2ccc(OC)cc21. The summed E-state index contributed by atoms with van der Waals surface area (Å²) >= 11 is 0. The van der Waals surface area contributed by atoms with Crippen LogP contribution in [0.3, 0.4) is 0 Å². The molecule has 0 radical (unpaired) electrons. The Hall–Kier alpha value is -1.22. The van der Waals surface area contributed by atoms with Crippen molar-refractivity contribution in [1.82, 2.24) is 5.32 Å². The van der Waals surface area contributed by atoms with Crippen LogP contribution in [-0.2, 0) is 0 Å². The number of hydrogen-bond donors (Lipinski definition) is 1. The van der Waals surface area contributed by atoms with Crippen LogP contribution in [0.2, 0.25) is 0 Å². The van der Waals surface area contributed by atoms with Gasteiger partial charge in [-0.05, 0) is 37.1 Å². The largest absolute Gasteiger partial charge is 0.497 e. The third kappa shape index (κ3) is 3.41. The van der Waals surface area contributed by atoms with Gasteiger partial charge in [-0.2, -0.15) is 0 Å². The van der Waals surface area contributed by atoms with E-state index in [-0.39, 0.29) is 0 Å². The molecule has 1 aromatic carbocycles. The van der Waals surface area contributed by atoms with Crippen LogP contribution in [-0.4, -0.2) is 19.8 Å². The number of benzene rings is 1. The number of ether oxygens (including phenoxy) is 2. The molecule has 1 aliphatic rings. The molecule has 1 N–H and O–H groups in total. The van der Waals surface area contributed by atoms with Crippen molar-refractivity contribution in [2.24, 2.45) is 5.92 Å². The van der Waals surface area contributed by atoms with E-state index in [9.17, 15) is 0 Å². The lowest BCUT2D eigenvalue weighted by molar-refractivity contribution is 0.128. The van der Waals surface area contributed by atoms with E-state index in [4.69, 9.17) is 9.47 Å². The first-order valence-electron chi connectivity index (χ1n) is 7.22. The number of hydrogen-bond acceptors (Lipinski definition) is 3. The summed E-state index contributed by atoms with van der Waals surface area (Å²) in [4.78, 5) is 0. The fraction of sp³-hybridized carbons (Fsp3) is 0.625. The predicted molar refractivity (Wildman–Crippen MR) is 77.9 cm³/mol. The maximum atomic E-state index is 6.12. The zero-order valence-corrected chi connectivity index (χ0v) is 12.4. The minimum Gasteiger partial charge on any atom is -0.497 e. The van der Waals surface area contributed by atoms with Gasteiger partial charge in [0.05, 0.1) is 7.11 Å². The molecule has 2 rings (SSSR count). The number of nitrogens with one attached hydrogen (secondary N) is 1. The molecule has 0 spiro atoms. The molecular formula is C16H25NO2. The second-order valence-electron chi connectivity index (χ2n) is 5.62. The van der Waals surface area contributed by atoms with Gasteiger partial charge in [0.25, 0.3) is 0 Å². The average Bonchev–Trinajstić information content (AvgIpc) is 2.38. The maximum absolute atomic E-state index is 6.12. The molecule has 2 atom stereocenters. The molecule has 2 unspecified atom stereocenters. The quantitative estimate of drug-likeness (QED) is 0.881. The Balaban J connectivity index is 2.23. The van der Waals surface area contributed by atoms with Crippen molar-refractivity contribution < 1.29 is 9.47 Å². The summed E-state index contributed by atoms with van der Waals surface area (Å²) in [5.41, 5.74) is 1.22. The Morgan fingerprint density at radius 1 is 1.42 bits per heavy atom. The maximum Gasteiger partial charge on any atom is 0.124 e. The highest BCUT2D eigenvalue weighted by atomic mass is 16.5. The smallest absolute Gasteiger partial charge is 0.124 e. The summed E-state index contributed by atoms with van der Waals surface area (Å²) in [5, 5.41) is 3.56. The van der Waals surface area contributed by atoms with E-state index >= 15 is 0 Å². The van der Waals surface area contributed by atoms with Crippen molar-refractivity contribution in [3.63, 3.8) is 0 Å². The lowest BCUT2D eigenvalue weighted by Gasteiger charge is -2.33. The molecule has 19 heavy (non-hydrogen) atoms. The van der Waals surface area contributed by atoms with Crippen LogP contribution in [0.4, 0.5) is 0 Å². The molecule has 0 fully saturated rings. The fourth-order valence-electron chi connectivity index (χ4n) is 2.76. The fourth-order valence-corrected chi connectivity index (χ4v) is 2.76. The van der Waals surface area contributed by atoms with Gasteiger partial charge < -0.3 is 14.8 Å². The van der Waals surface area contributed by atoms with Gasteiger partial charge >= 0.3 is 0 Å². The van der Waals surface area contributed by atoms with Crippen LogP contribution < -0.4 is 14.8 Å². The molecule has 106 valence electrons. The topological polar surface area (TPSA) is 30.5 Å². The molecular weight excluding hydrogens is 238 g/mol. The monoisotopic (exact) mass is 263 g/mol. The van der Waals surface area contributed by atoms with Crippen LogP contribution in [0.5, 0.6) is 11.5 Å². The third-order valence-corrected chi connectivity index (χ3v) is 3.57. The lowest BCUT2D eigenvalue weighted by Crippen LogP contribution is -2.33. The number of methoxy groups -OCH3 is 1. The molecule has 0 saturated heterocycles. The Kier molecular flexibility index (Phi) is 4.70. The van der Waals surface area contributed by atoms with E-state index in [1.165, 1.54) is 5.56 Å². The molecule has 0 saturated carbocycles. The Labute approximate surface area is 116 Å². The zero-order valence-electron chi connectivity index (χ0n) is 12.4. The second kappa shape index (κ2) is 6.29. The number of fused-ring (bicyclic) bond motifs is 1. The van der Waals surface area contributed by atoms with E-state index < -0.39 is 0 Å². The van der Waals surface area contributed by atoms with Crippen LogP contribution >= 0.6 is 0 Å². The summed E-state index contributed by atoms with van der Waals surface area (Å²) in [6.45, 7) is 7.60. The van der Waals surface area contributed by atoms with Gasteiger partial charge in [0, 0.05) is 18.0 Å². The average molecular weight is 263 g/mol. The van der Waals surface area contributed by atoms with E-state index in [2.05, 4.69) is 32.2 Å². The van der Waals surface area contributed by atoms with E-state index in [1.54, 1.807) is 7.11 Å². The molecule has 0 aromatic heterocycles. The third-order valence-electron chi connectivity index (χ3n) is 3.57. The molecule has 0 amide bonds. The molecule has 0 aliphatic carbocycles. The van der Waals surface area contributed by atoms with Crippen molar-refractivity contribution >= 4 is 0 Å². The van der Waals surface area contributed by atoms with Crippen LogP contribution in [0.25, 0.3) is 0 Å². The summed E-state index contributed by atoms with van der Waals surface area (Å²) < 4.78 is 11.4. The highest BCUT2D eigenvalue weighted by molar-refractivity contribution is 5.43. The minimum atomic E-state index is 0.310. The van der Waals surface area contributed by atoms with Crippen molar-refractivity contribution in [3.8, 4) is 11.5 Å². The molecule has 1 aromatic rings. The molecule has 0 bridgehead atoms. The van der Waals surface area contributed by atoms with Crippen molar-refractivity contribution in [2.75, 3.05) is 13.7 Å². The number of rotatable bonds is 5. The zero-order chi connectivity index (χ0) is 13.8. The first-order chi connectivity index (χ1) is 9.13. The van der Waals surface area contributed by atoms with Crippen molar-refractivity contribution in [2.45, 2.75) is 45.8 Å². The van der Waals surface area contributed by atoms with Crippen molar-refractivity contribution in [1.29, 1.82) is 0 Å². The van der Waals surface area contributed by atoms with Crippen LogP contribution in [0, 0.1) is 5.92 Å². The van der Waals surface area contributed by atoms with E-state index in [0.717, 1.165) is 30.9 Å².